The van der Waals surface area contributed by atoms with Crippen molar-refractivity contribution in [3.05, 3.63) is 0 Å². The summed E-state index contributed by atoms with van der Waals surface area (Å²) in [6, 6.07) is 0.124. The van der Waals surface area contributed by atoms with Gasteiger partial charge in [0.25, 0.3) is 0 Å². The molecule has 6 heteroatoms. The number of hydrogen-bond donors (Lipinski definition) is 1. The van der Waals surface area contributed by atoms with E-state index in [2.05, 4.69) is 22.5 Å². The van der Waals surface area contributed by atoms with Gasteiger partial charge in [0.15, 0.2) is 11.5 Å². The summed E-state index contributed by atoms with van der Waals surface area (Å²) in [5.74, 6) is 0.940. The molecule has 86 valence electrons. The van der Waals surface area contributed by atoms with Crippen LogP contribution in [0.1, 0.15) is 0 Å². The lowest BCUT2D eigenvalue weighted by Gasteiger charge is -2.37. The van der Waals surface area contributed by atoms with Crippen molar-refractivity contribution in [1.82, 2.24) is 4.90 Å². The van der Waals surface area contributed by atoms with Crippen molar-refractivity contribution < 1.29 is 9.47 Å². The van der Waals surface area contributed by atoms with E-state index in [-0.39, 0.29) is 12.3 Å². The number of methoxy groups -OCH3 is 2. The van der Waals surface area contributed by atoms with Gasteiger partial charge in [0, 0.05) is 38.3 Å². The largest absolute Gasteiger partial charge is 0.354 e. The van der Waals surface area contributed by atoms with E-state index in [9.17, 15) is 0 Å². The number of aliphatic imine (C=N–C) groups is 1. The lowest BCUT2D eigenvalue weighted by molar-refractivity contribution is -0.111. The lowest BCUT2D eigenvalue weighted by atomic mass is 10.2. The van der Waals surface area contributed by atoms with Crippen LogP contribution in [0.2, 0.25) is 0 Å². The molecular formula is C9H16N2O2S2. The van der Waals surface area contributed by atoms with Crippen LogP contribution >= 0.6 is 24.4 Å². The Morgan fingerprint density at radius 2 is 2.13 bits per heavy atom. The summed E-state index contributed by atoms with van der Waals surface area (Å²) in [5, 5.41) is 1.62. The second-order valence-corrected chi connectivity index (χ2v) is 5.41. The average molecular weight is 248 g/mol. The van der Waals surface area contributed by atoms with E-state index in [4.69, 9.17) is 9.47 Å². The lowest BCUT2D eigenvalue weighted by Crippen LogP contribution is -2.49. The highest BCUT2D eigenvalue weighted by molar-refractivity contribution is 8.14. The standard InChI is InChI=1S/C9H16N2O2S2/c1-12-8(13-2)7-5-15-9(10-7)11-3-6(14)4-11/h6-8,14H,3-5H2,1-2H3. The Morgan fingerprint density at radius 3 is 2.67 bits per heavy atom. The fourth-order valence-electron chi connectivity index (χ4n) is 1.71. The first kappa shape index (κ1) is 11.6. The minimum atomic E-state index is -0.219. The molecule has 0 radical (unpaired) electrons. The van der Waals surface area contributed by atoms with Crippen molar-refractivity contribution in [3.63, 3.8) is 0 Å². The molecule has 0 aromatic carbocycles. The topological polar surface area (TPSA) is 34.1 Å². The zero-order valence-corrected chi connectivity index (χ0v) is 10.6. The number of amidine groups is 1. The number of ether oxygens (including phenoxy) is 2. The molecular weight excluding hydrogens is 232 g/mol. The van der Waals surface area contributed by atoms with Crippen LogP contribution in [0, 0.1) is 0 Å². The molecule has 0 N–H and O–H groups in total. The Morgan fingerprint density at radius 1 is 1.47 bits per heavy atom. The summed E-state index contributed by atoms with van der Waals surface area (Å²) in [4.78, 5) is 6.86. The second kappa shape index (κ2) is 4.95. The average Bonchev–Trinajstić information content (AvgIpc) is 2.64. The molecule has 1 saturated heterocycles. The Balaban J connectivity index is 1.90. The number of likely N-dealkylation sites (tertiary alicyclic amines) is 1. The summed E-state index contributed by atoms with van der Waals surface area (Å²) in [6.45, 7) is 2.01. The molecule has 0 bridgehead atoms. The van der Waals surface area contributed by atoms with E-state index in [0.717, 1.165) is 24.0 Å². The molecule has 15 heavy (non-hydrogen) atoms. The van der Waals surface area contributed by atoms with Gasteiger partial charge in [0.2, 0.25) is 0 Å². The van der Waals surface area contributed by atoms with E-state index in [1.54, 1.807) is 26.0 Å². The SMILES string of the molecule is COC(OC)C1CSC(N2CC(S)C2)=N1. The fraction of sp³-hybridized carbons (Fsp3) is 0.889. The molecule has 1 unspecified atom stereocenters. The van der Waals surface area contributed by atoms with Gasteiger partial charge in [-0.2, -0.15) is 12.6 Å². The number of hydrogen-bond acceptors (Lipinski definition) is 6. The van der Waals surface area contributed by atoms with Gasteiger partial charge in [-0.15, -0.1) is 0 Å². The van der Waals surface area contributed by atoms with Crippen molar-refractivity contribution in [2.24, 2.45) is 4.99 Å². The van der Waals surface area contributed by atoms with E-state index in [0.29, 0.717) is 5.25 Å². The quantitative estimate of drug-likeness (QED) is 0.589. The minimum Gasteiger partial charge on any atom is -0.354 e. The molecule has 2 aliphatic rings. The van der Waals surface area contributed by atoms with Crippen molar-refractivity contribution in [2.75, 3.05) is 33.1 Å². The second-order valence-electron chi connectivity index (χ2n) is 3.69. The summed E-state index contributed by atoms with van der Waals surface area (Å²) in [6.07, 6.45) is -0.219. The first-order valence-corrected chi connectivity index (χ1v) is 6.44. The Kier molecular flexibility index (Phi) is 3.82. The van der Waals surface area contributed by atoms with Gasteiger partial charge < -0.3 is 14.4 Å². The fourth-order valence-corrected chi connectivity index (χ4v) is 3.20. The molecule has 2 aliphatic heterocycles. The Bertz CT molecular complexity index is 252. The van der Waals surface area contributed by atoms with Crippen LogP contribution < -0.4 is 0 Å². The van der Waals surface area contributed by atoms with E-state index >= 15 is 0 Å². The Labute approximate surface area is 99.8 Å². The molecule has 0 aromatic rings. The minimum absolute atomic E-state index is 0.124. The van der Waals surface area contributed by atoms with Gasteiger partial charge in [0.1, 0.15) is 6.04 Å². The van der Waals surface area contributed by atoms with Crippen LogP contribution in [0.5, 0.6) is 0 Å². The predicted octanol–water partition coefficient (Wildman–Crippen LogP) is 0.691. The van der Waals surface area contributed by atoms with Crippen LogP contribution in [-0.4, -0.2) is 60.7 Å². The third-order valence-electron chi connectivity index (χ3n) is 2.57. The smallest absolute Gasteiger partial charge is 0.180 e. The first-order valence-electron chi connectivity index (χ1n) is 4.93. The predicted molar refractivity (Wildman–Crippen MR) is 65.8 cm³/mol. The molecule has 1 fully saturated rings. The van der Waals surface area contributed by atoms with E-state index < -0.39 is 0 Å². The maximum atomic E-state index is 5.21. The third-order valence-corrected chi connectivity index (χ3v) is 4.03. The molecule has 2 rings (SSSR count). The zero-order chi connectivity index (χ0) is 10.8. The van der Waals surface area contributed by atoms with Gasteiger partial charge in [-0.05, 0) is 0 Å². The van der Waals surface area contributed by atoms with Crippen LogP contribution in [0.4, 0.5) is 0 Å². The Hall–Kier alpha value is 0.0900. The number of rotatable bonds is 3. The number of thiol groups is 1. The maximum Gasteiger partial charge on any atom is 0.180 e. The van der Waals surface area contributed by atoms with Gasteiger partial charge in [-0.25, -0.2) is 0 Å². The van der Waals surface area contributed by atoms with Gasteiger partial charge in [-0.3, -0.25) is 4.99 Å². The van der Waals surface area contributed by atoms with Crippen LogP contribution in [0.25, 0.3) is 0 Å². The molecule has 0 spiro atoms. The number of thioether (sulfide) groups is 1. The monoisotopic (exact) mass is 248 g/mol. The van der Waals surface area contributed by atoms with E-state index in [1.807, 2.05) is 0 Å². The molecule has 1 atom stereocenters. The van der Waals surface area contributed by atoms with Crippen LogP contribution in [0.15, 0.2) is 4.99 Å². The molecule has 4 nitrogen and oxygen atoms in total. The van der Waals surface area contributed by atoms with Gasteiger partial charge in [0.05, 0.1) is 0 Å². The highest BCUT2D eigenvalue weighted by Gasteiger charge is 2.33. The third kappa shape index (κ3) is 2.43. The summed E-state index contributed by atoms with van der Waals surface area (Å²) >= 11 is 6.16. The van der Waals surface area contributed by atoms with Crippen LogP contribution in [0.3, 0.4) is 0 Å². The van der Waals surface area contributed by atoms with Crippen molar-refractivity contribution in [1.29, 1.82) is 0 Å². The maximum absolute atomic E-state index is 5.21. The van der Waals surface area contributed by atoms with E-state index in [1.165, 1.54) is 0 Å². The van der Waals surface area contributed by atoms with Crippen LogP contribution in [-0.2, 0) is 9.47 Å². The van der Waals surface area contributed by atoms with Gasteiger partial charge in [-0.1, -0.05) is 11.8 Å². The summed E-state index contributed by atoms with van der Waals surface area (Å²) < 4.78 is 10.4. The zero-order valence-electron chi connectivity index (χ0n) is 8.92. The summed E-state index contributed by atoms with van der Waals surface area (Å²) in [7, 11) is 3.31. The normalized spacial score (nSPS) is 27.1. The molecule has 0 aromatic heterocycles. The highest BCUT2D eigenvalue weighted by atomic mass is 32.2. The highest BCUT2D eigenvalue weighted by Crippen LogP contribution is 2.27. The van der Waals surface area contributed by atoms with Gasteiger partial charge >= 0.3 is 0 Å². The molecule has 0 amide bonds. The molecule has 2 heterocycles. The summed E-state index contributed by atoms with van der Waals surface area (Å²) in [5.41, 5.74) is 0. The number of nitrogens with zero attached hydrogens (tertiary/aromatic N) is 2. The van der Waals surface area contributed by atoms with Crippen molar-refractivity contribution >= 4 is 29.6 Å². The molecule has 0 saturated carbocycles. The van der Waals surface area contributed by atoms with Crippen molar-refractivity contribution in [3.8, 4) is 0 Å². The molecule has 0 aliphatic carbocycles. The first-order chi connectivity index (χ1) is 7.24. The van der Waals surface area contributed by atoms with Crippen molar-refractivity contribution in [2.45, 2.75) is 17.6 Å².